The van der Waals surface area contributed by atoms with Crippen LogP contribution < -0.4 is 16.4 Å². The lowest BCUT2D eigenvalue weighted by atomic mass is 9.94. The van der Waals surface area contributed by atoms with Crippen LogP contribution in [0.2, 0.25) is 0 Å². The first-order valence-electron chi connectivity index (χ1n) is 9.19. The summed E-state index contributed by atoms with van der Waals surface area (Å²) in [6, 6.07) is -2.49. The first kappa shape index (κ1) is 23.4. The molecular weight excluding hydrogens is 322 g/mol. The molecule has 0 spiro atoms. The zero-order valence-corrected chi connectivity index (χ0v) is 16.3. The Bertz CT molecular complexity index is 456. The van der Waals surface area contributed by atoms with Gasteiger partial charge in [0.2, 0.25) is 11.8 Å². The Morgan fingerprint density at radius 3 is 1.60 bits per heavy atom. The summed E-state index contributed by atoms with van der Waals surface area (Å²) < 4.78 is 0. The van der Waals surface area contributed by atoms with Crippen LogP contribution in [0.5, 0.6) is 0 Å². The van der Waals surface area contributed by atoms with E-state index in [0.717, 1.165) is 6.42 Å². The van der Waals surface area contributed by atoms with Gasteiger partial charge in [-0.15, -0.1) is 0 Å². The lowest BCUT2D eigenvalue weighted by Crippen LogP contribution is -2.58. The number of nitrogens with one attached hydrogen (secondary N) is 2. The summed E-state index contributed by atoms with van der Waals surface area (Å²) >= 11 is 0. The fourth-order valence-electron chi connectivity index (χ4n) is 2.39. The molecule has 2 amide bonds. The SMILES string of the molecule is CC[C@H](C)[C@H](NC(=O)[C@H](NC(=O)[C@H](N)[C@@H](C)CC)[C@@H](C)CC)C(=O)O. The van der Waals surface area contributed by atoms with Crippen LogP contribution >= 0.6 is 0 Å². The van der Waals surface area contributed by atoms with Gasteiger partial charge in [-0.1, -0.05) is 60.8 Å². The minimum absolute atomic E-state index is 0.00692. The molecule has 146 valence electrons. The Morgan fingerprint density at radius 2 is 1.20 bits per heavy atom. The minimum atomic E-state index is -1.08. The van der Waals surface area contributed by atoms with Crippen molar-refractivity contribution in [2.45, 2.75) is 78.9 Å². The molecule has 25 heavy (non-hydrogen) atoms. The number of aliphatic carboxylic acids is 1. The second-order valence-corrected chi connectivity index (χ2v) is 6.99. The van der Waals surface area contributed by atoms with E-state index < -0.39 is 30.0 Å². The summed E-state index contributed by atoms with van der Waals surface area (Å²) in [4.78, 5) is 36.4. The topological polar surface area (TPSA) is 122 Å². The average Bonchev–Trinajstić information content (AvgIpc) is 2.60. The number of carbonyl (C=O) groups is 3. The third-order valence-corrected chi connectivity index (χ3v) is 5.13. The number of hydrogen-bond donors (Lipinski definition) is 4. The number of carbonyl (C=O) groups excluding carboxylic acids is 2. The van der Waals surface area contributed by atoms with Gasteiger partial charge in [0, 0.05) is 0 Å². The van der Waals surface area contributed by atoms with Gasteiger partial charge in [0.1, 0.15) is 12.1 Å². The summed E-state index contributed by atoms with van der Waals surface area (Å²) in [5.74, 6) is -2.30. The van der Waals surface area contributed by atoms with Crippen molar-refractivity contribution in [3.63, 3.8) is 0 Å². The zero-order valence-electron chi connectivity index (χ0n) is 16.3. The van der Waals surface area contributed by atoms with Crippen molar-refractivity contribution in [1.29, 1.82) is 0 Å². The molecule has 0 aromatic carbocycles. The van der Waals surface area contributed by atoms with E-state index in [0.29, 0.717) is 12.8 Å². The van der Waals surface area contributed by atoms with E-state index >= 15 is 0 Å². The van der Waals surface area contributed by atoms with Gasteiger partial charge in [-0.25, -0.2) is 4.79 Å². The molecule has 7 heteroatoms. The Balaban J connectivity index is 5.23. The molecule has 6 atom stereocenters. The van der Waals surface area contributed by atoms with Crippen molar-refractivity contribution < 1.29 is 19.5 Å². The summed E-state index contributed by atoms with van der Waals surface area (Å²) in [5, 5.41) is 14.6. The van der Waals surface area contributed by atoms with Crippen molar-refractivity contribution in [3.8, 4) is 0 Å². The number of nitrogens with two attached hydrogens (primary N) is 1. The highest BCUT2D eigenvalue weighted by Gasteiger charge is 2.33. The third-order valence-electron chi connectivity index (χ3n) is 5.13. The lowest BCUT2D eigenvalue weighted by Gasteiger charge is -2.29. The fourth-order valence-corrected chi connectivity index (χ4v) is 2.39. The molecule has 0 aromatic rings. The fraction of sp³-hybridized carbons (Fsp3) is 0.833. The second-order valence-electron chi connectivity index (χ2n) is 6.99. The van der Waals surface area contributed by atoms with E-state index in [1.54, 1.807) is 6.92 Å². The molecule has 0 fully saturated rings. The number of amides is 2. The monoisotopic (exact) mass is 357 g/mol. The average molecular weight is 357 g/mol. The van der Waals surface area contributed by atoms with E-state index in [4.69, 9.17) is 5.73 Å². The second kappa shape index (κ2) is 11.1. The highest BCUT2D eigenvalue weighted by atomic mass is 16.4. The Labute approximate surface area is 151 Å². The summed E-state index contributed by atoms with van der Waals surface area (Å²) in [7, 11) is 0. The maximum absolute atomic E-state index is 12.6. The minimum Gasteiger partial charge on any atom is -0.480 e. The molecular formula is C18H35N3O4. The van der Waals surface area contributed by atoms with Crippen LogP contribution in [0, 0.1) is 17.8 Å². The molecule has 0 aliphatic rings. The highest BCUT2D eigenvalue weighted by Crippen LogP contribution is 2.13. The smallest absolute Gasteiger partial charge is 0.326 e. The van der Waals surface area contributed by atoms with Crippen LogP contribution in [0.4, 0.5) is 0 Å². The predicted octanol–water partition coefficient (Wildman–Crippen LogP) is 1.51. The van der Waals surface area contributed by atoms with Gasteiger partial charge >= 0.3 is 5.97 Å². The van der Waals surface area contributed by atoms with Gasteiger partial charge in [0.25, 0.3) is 0 Å². The van der Waals surface area contributed by atoms with Crippen LogP contribution in [0.25, 0.3) is 0 Å². The van der Waals surface area contributed by atoms with Crippen LogP contribution in [-0.2, 0) is 14.4 Å². The molecule has 0 aliphatic carbocycles. The molecule has 0 saturated carbocycles. The molecule has 0 radical (unpaired) electrons. The maximum atomic E-state index is 12.6. The van der Waals surface area contributed by atoms with E-state index in [2.05, 4.69) is 10.6 Å². The van der Waals surface area contributed by atoms with Crippen LogP contribution in [0.3, 0.4) is 0 Å². The van der Waals surface area contributed by atoms with Gasteiger partial charge in [-0.05, 0) is 17.8 Å². The molecule has 0 aromatic heterocycles. The quantitative estimate of drug-likeness (QED) is 0.446. The number of carboxylic acid groups (broad SMARTS) is 1. The largest absolute Gasteiger partial charge is 0.480 e. The highest BCUT2D eigenvalue weighted by molar-refractivity contribution is 5.92. The first-order chi connectivity index (χ1) is 11.6. The molecule has 0 aliphatic heterocycles. The molecule has 7 nitrogen and oxygen atoms in total. The van der Waals surface area contributed by atoms with Crippen LogP contribution in [0.1, 0.15) is 60.8 Å². The van der Waals surface area contributed by atoms with Gasteiger partial charge in [-0.3, -0.25) is 9.59 Å². The predicted molar refractivity (Wildman–Crippen MR) is 97.8 cm³/mol. The number of hydrogen-bond acceptors (Lipinski definition) is 4. The number of rotatable bonds is 11. The summed E-state index contributed by atoms with van der Waals surface area (Å²) in [6.07, 6.45) is 2.04. The Morgan fingerprint density at radius 1 is 0.800 bits per heavy atom. The Kier molecular flexibility index (Phi) is 10.4. The molecule has 0 unspecified atom stereocenters. The number of carboxylic acids is 1. The van der Waals surface area contributed by atoms with E-state index in [-0.39, 0.29) is 23.7 Å². The van der Waals surface area contributed by atoms with Crippen molar-refractivity contribution in [1.82, 2.24) is 10.6 Å². The third kappa shape index (κ3) is 7.02. The van der Waals surface area contributed by atoms with Crippen molar-refractivity contribution >= 4 is 17.8 Å². The maximum Gasteiger partial charge on any atom is 0.326 e. The molecule has 0 heterocycles. The van der Waals surface area contributed by atoms with Gasteiger partial charge < -0.3 is 21.5 Å². The van der Waals surface area contributed by atoms with Crippen molar-refractivity contribution in [2.24, 2.45) is 23.5 Å². The van der Waals surface area contributed by atoms with E-state index in [1.807, 2.05) is 34.6 Å². The molecule has 5 N–H and O–H groups in total. The van der Waals surface area contributed by atoms with Crippen LogP contribution in [0.15, 0.2) is 0 Å². The van der Waals surface area contributed by atoms with Gasteiger partial charge in [0.05, 0.1) is 6.04 Å². The molecule has 0 rings (SSSR count). The van der Waals surface area contributed by atoms with Gasteiger partial charge in [-0.2, -0.15) is 0 Å². The van der Waals surface area contributed by atoms with E-state index in [1.165, 1.54) is 0 Å². The van der Waals surface area contributed by atoms with Crippen LogP contribution in [-0.4, -0.2) is 41.0 Å². The van der Waals surface area contributed by atoms with Crippen molar-refractivity contribution in [3.05, 3.63) is 0 Å². The summed E-state index contributed by atoms with van der Waals surface area (Å²) in [5.41, 5.74) is 5.94. The molecule has 0 bridgehead atoms. The van der Waals surface area contributed by atoms with E-state index in [9.17, 15) is 19.5 Å². The van der Waals surface area contributed by atoms with Crippen molar-refractivity contribution in [2.75, 3.05) is 0 Å². The normalized spacial score (nSPS) is 18.4. The first-order valence-corrected chi connectivity index (χ1v) is 9.19. The summed E-state index contributed by atoms with van der Waals surface area (Å²) in [6.45, 7) is 11.2. The molecule has 0 saturated heterocycles. The standard InChI is InChI=1S/C18H35N3O4/c1-7-10(4)13(19)16(22)20-14(11(5)8-2)17(23)21-15(18(24)25)12(6)9-3/h10-15H,7-9,19H2,1-6H3,(H,20,22)(H,21,23)(H,24,25)/t10-,11-,12-,13+,14+,15-/m0/s1. The Hall–Kier alpha value is -1.63. The zero-order chi connectivity index (χ0) is 19.7. The lowest BCUT2D eigenvalue weighted by molar-refractivity contribution is -0.144. The van der Waals surface area contributed by atoms with Gasteiger partial charge in [0.15, 0.2) is 0 Å².